The molecule has 0 aliphatic heterocycles. The van der Waals surface area contributed by atoms with Gasteiger partial charge in [-0.15, -0.1) is 0 Å². The lowest BCUT2D eigenvalue weighted by molar-refractivity contribution is 0.415. The number of hydrogen-bond donors (Lipinski definition) is 1. The highest BCUT2D eigenvalue weighted by Crippen LogP contribution is 2.32. The summed E-state index contributed by atoms with van der Waals surface area (Å²) >= 11 is 0. The van der Waals surface area contributed by atoms with Crippen LogP contribution in [0.1, 0.15) is 31.9 Å². The van der Waals surface area contributed by atoms with Gasteiger partial charge in [0.2, 0.25) is 0 Å². The summed E-state index contributed by atoms with van der Waals surface area (Å²) in [4.78, 5) is 0. The fourth-order valence-electron chi connectivity index (χ4n) is 2.57. The molecule has 21 heavy (non-hydrogen) atoms. The predicted octanol–water partition coefficient (Wildman–Crippen LogP) is 4.56. The first kappa shape index (κ1) is 15.5. The number of methoxy groups -OCH3 is 1. The van der Waals surface area contributed by atoms with Gasteiger partial charge in [0.15, 0.2) is 0 Å². The van der Waals surface area contributed by atoms with E-state index < -0.39 is 0 Å². The third kappa shape index (κ3) is 3.61. The van der Waals surface area contributed by atoms with Gasteiger partial charge in [-0.05, 0) is 48.4 Å². The molecule has 0 amide bonds. The van der Waals surface area contributed by atoms with Gasteiger partial charge < -0.3 is 10.1 Å². The van der Waals surface area contributed by atoms with Crippen molar-refractivity contribution in [3.05, 3.63) is 53.8 Å². The smallest absolute Gasteiger partial charge is 0.126 e. The van der Waals surface area contributed by atoms with Crippen molar-refractivity contribution < 1.29 is 9.13 Å². The van der Waals surface area contributed by atoms with Gasteiger partial charge in [-0.3, -0.25) is 0 Å². The van der Waals surface area contributed by atoms with Crippen molar-refractivity contribution in [2.24, 2.45) is 0 Å². The molecule has 0 saturated carbocycles. The summed E-state index contributed by atoms with van der Waals surface area (Å²) in [6, 6.07) is 13.1. The van der Waals surface area contributed by atoms with Gasteiger partial charge in [-0.1, -0.05) is 32.0 Å². The molecule has 2 aromatic rings. The molecule has 3 heteroatoms. The van der Waals surface area contributed by atoms with Crippen molar-refractivity contribution in [1.29, 1.82) is 0 Å². The maximum absolute atomic E-state index is 13.5. The Morgan fingerprint density at radius 2 is 1.95 bits per heavy atom. The topological polar surface area (TPSA) is 21.3 Å². The lowest BCUT2D eigenvalue weighted by Crippen LogP contribution is -2.19. The molecule has 0 aromatic heterocycles. The van der Waals surface area contributed by atoms with Crippen LogP contribution in [0.2, 0.25) is 0 Å². The third-order valence-electron chi connectivity index (χ3n) is 3.62. The van der Waals surface area contributed by atoms with E-state index in [1.165, 1.54) is 17.7 Å². The second-order valence-corrected chi connectivity index (χ2v) is 4.99. The minimum Gasteiger partial charge on any atom is -0.496 e. The molecule has 2 rings (SSSR count). The quantitative estimate of drug-likeness (QED) is 0.840. The maximum atomic E-state index is 13.5. The van der Waals surface area contributed by atoms with Gasteiger partial charge in [0.25, 0.3) is 0 Å². The van der Waals surface area contributed by atoms with Gasteiger partial charge in [0.05, 0.1) is 7.11 Å². The van der Waals surface area contributed by atoms with Crippen molar-refractivity contribution in [3.8, 4) is 16.9 Å². The maximum Gasteiger partial charge on any atom is 0.126 e. The second-order valence-electron chi connectivity index (χ2n) is 4.99. The molecule has 0 aliphatic carbocycles. The summed E-state index contributed by atoms with van der Waals surface area (Å²) in [7, 11) is 1.61. The average Bonchev–Trinajstić information content (AvgIpc) is 2.52. The summed E-state index contributed by atoms with van der Waals surface area (Å²) in [5.74, 6) is 0.431. The van der Waals surface area contributed by atoms with E-state index in [2.05, 4.69) is 31.3 Å². The van der Waals surface area contributed by atoms with E-state index in [4.69, 9.17) is 4.74 Å². The normalized spacial score (nSPS) is 12.2. The molecule has 0 heterocycles. The Morgan fingerprint density at radius 3 is 2.62 bits per heavy atom. The third-order valence-corrected chi connectivity index (χ3v) is 3.62. The monoisotopic (exact) mass is 287 g/mol. The Bertz CT molecular complexity index is 598. The largest absolute Gasteiger partial charge is 0.496 e. The zero-order chi connectivity index (χ0) is 15.2. The molecule has 1 N–H and O–H groups in total. The SMILES string of the molecule is CCNC(CC)c1cccc(-c2cc(F)ccc2OC)c1. The number of rotatable bonds is 6. The Balaban J connectivity index is 2.43. The Kier molecular flexibility index (Phi) is 5.34. The van der Waals surface area contributed by atoms with Crippen molar-refractivity contribution in [2.45, 2.75) is 26.3 Å². The predicted molar refractivity (Wildman–Crippen MR) is 85.1 cm³/mol. The molecule has 112 valence electrons. The molecular formula is C18H22FNO. The van der Waals surface area contributed by atoms with Crippen LogP contribution in [0.15, 0.2) is 42.5 Å². The minimum absolute atomic E-state index is 0.255. The van der Waals surface area contributed by atoms with Crippen LogP contribution < -0.4 is 10.1 Å². The first-order chi connectivity index (χ1) is 10.2. The van der Waals surface area contributed by atoms with E-state index in [-0.39, 0.29) is 5.82 Å². The Hall–Kier alpha value is -1.87. The van der Waals surface area contributed by atoms with E-state index in [1.807, 2.05) is 12.1 Å². The van der Waals surface area contributed by atoms with Crippen LogP contribution in [0.5, 0.6) is 5.75 Å². The van der Waals surface area contributed by atoms with Crippen molar-refractivity contribution >= 4 is 0 Å². The standard InChI is InChI=1S/C18H22FNO/c1-4-17(20-5-2)14-8-6-7-13(11-14)16-12-15(19)9-10-18(16)21-3/h6-12,17,20H,4-5H2,1-3H3. The van der Waals surface area contributed by atoms with Crippen molar-refractivity contribution in [3.63, 3.8) is 0 Å². The number of benzene rings is 2. The molecule has 1 unspecified atom stereocenters. The van der Waals surface area contributed by atoms with Crippen LogP contribution in [0.3, 0.4) is 0 Å². The van der Waals surface area contributed by atoms with Crippen LogP contribution in [-0.2, 0) is 0 Å². The zero-order valence-corrected chi connectivity index (χ0v) is 12.8. The van der Waals surface area contributed by atoms with Crippen molar-refractivity contribution in [1.82, 2.24) is 5.32 Å². The van der Waals surface area contributed by atoms with Crippen LogP contribution in [0.25, 0.3) is 11.1 Å². The van der Waals surface area contributed by atoms with Gasteiger partial charge in [0.1, 0.15) is 11.6 Å². The number of ether oxygens (including phenoxy) is 1. The van der Waals surface area contributed by atoms with Crippen molar-refractivity contribution in [2.75, 3.05) is 13.7 Å². The molecule has 0 aliphatic rings. The average molecular weight is 287 g/mol. The molecular weight excluding hydrogens is 265 g/mol. The van der Waals surface area contributed by atoms with E-state index >= 15 is 0 Å². The number of nitrogens with one attached hydrogen (secondary N) is 1. The van der Waals surface area contributed by atoms with Crippen LogP contribution in [0, 0.1) is 5.82 Å². The summed E-state index contributed by atoms with van der Waals surface area (Å²) in [6.07, 6.45) is 1.01. The second kappa shape index (κ2) is 7.23. The van der Waals surface area contributed by atoms with E-state index in [0.29, 0.717) is 11.8 Å². The summed E-state index contributed by atoms with van der Waals surface area (Å²) in [6.45, 7) is 5.18. The fourth-order valence-corrected chi connectivity index (χ4v) is 2.57. The molecule has 0 saturated heterocycles. The molecule has 2 aromatic carbocycles. The minimum atomic E-state index is -0.255. The molecule has 0 fully saturated rings. The van der Waals surface area contributed by atoms with Gasteiger partial charge >= 0.3 is 0 Å². The van der Waals surface area contributed by atoms with Gasteiger partial charge in [-0.25, -0.2) is 4.39 Å². The highest BCUT2D eigenvalue weighted by Gasteiger charge is 2.11. The number of hydrogen-bond acceptors (Lipinski definition) is 2. The van der Waals surface area contributed by atoms with Gasteiger partial charge in [0, 0.05) is 11.6 Å². The molecule has 0 spiro atoms. The Morgan fingerprint density at radius 1 is 1.14 bits per heavy atom. The lowest BCUT2D eigenvalue weighted by Gasteiger charge is -2.18. The fraction of sp³-hybridized carbons (Fsp3) is 0.333. The lowest BCUT2D eigenvalue weighted by atomic mass is 9.97. The first-order valence-corrected chi connectivity index (χ1v) is 7.36. The Labute approximate surface area is 126 Å². The first-order valence-electron chi connectivity index (χ1n) is 7.36. The zero-order valence-electron chi connectivity index (χ0n) is 12.8. The molecule has 1 atom stereocenters. The summed E-state index contributed by atoms with van der Waals surface area (Å²) < 4.78 is 18.9. The molecule has 0 bridgehead atoms. The van der Waals surface area contributed by atoms with E-state index in [9.17, 15) is 4.39 Å². The van der Waals surface area contributed by atoms with Crippen LogP contribution in [0.4, 0.5) is 4.39 Å². The molecule has 2 nitrogen and oxygen atoms in total. The summed E-state index contributed by atoms with van der Waals surface area (Å²) in [5.41, 5.74) is 2.97. The highest BCUT2D eigenvalue weighted by atomic mass is 19.1. The van der Waals surface area contributed by atoms with Crippen LogP contribution in [-0.4, -0.2) is 13.7 Å². The highest BCUT2D eigenvalue weighted by molar-refractivity contribution is 5.71. The number of halogens is 1. The molecule has 0 radical (unpaired) electrons. The van der Waals surface area contributed by atoms with E-state index in [0.717, 1.165) is 24.1 Å². The summed E-state index contributed by atoms with van der Waals surface area (Å²) in [5, 5.41) is 3.46. The van der Waals surface area contributed by atoms with Gasteiger partial charge in [-0.2, -0.15) is 0 Å². The van der Waals surface area contributed by atoms with E-state index in [1.54, 1.807) is 13.2 Å². The van der Waals surface area contributed by atoms with Crippen LogP contribution >= 0.6 is 0 Å².